The fourth-order valence-corrected chi connectivity index (χ4v) is 2.28. The highest BCUT2D eigenvalue weighted by Crippen LogP contribution is 2.15. The maximum atomic E-state index is 12.3. The summed E-state index contributed by atoms with van der Waals surface area (Å²) in [6, 6.07) is 7.88. The molecule has 0 atom stereocenters. The SMILES string of the molecule is Cc1ccc(C)c(C(=O)Cc2cncc(Br)c2)c1. The highest BCUT2D eigenvalue weighted by molar-refractivity contribution is 9.10. The molecule has 0 fully saturated rings. The van der Waals surface area contributed by atoms with E-state index in [2.05, 4.69) is 20.9 Å². The molecule has 1 heterocycles. The van der Waals surface area contributed by atoms with E-state index < -0.39 is 0 Å². The molecule has 2 nitrogen and oxygen atoms in total. The number of carbonyl (C=O) groups excluding carboxylic acids is 1. The van der Waals surface area contributed by atoms with Crippen LogP contribution in [0.25, 0.3) is 0 Å². The first-order valence-corrected chi connectivity index (χ1v) is 6.55. The summed E-state index contributed by atoms with van der Waals surface area (Å²) in [5.74, 6) is 0.135. The highest BCUT2D eigenvalue weighted by atomic mass is 79.9. The fourth-order valence-electron chi connectivity index (χ4n) is 1.87. The molecule has 0 amide bonds. The predicted molar refractivity (Wildman–Crippen MR) is 75.9 cm³/mol. The van der Waals surface area contributed by atoms with E-state index in [0.717, 1.165) is 26.7 Å². The van der Waals surface area contributed by atoms with Gasteiger partial charge in [0.2, 0.25) is 0 Å². The molecule has 0 saturated carbocycles. The Morgan fingerprint density at radius 1 is 1.22 bits per heavy atom. The number of benzene rings is 1. The molecular weight excluding hydrogens is 290 g/mol. The van der Waals surface area contributed by atoms with Crippen LogP contribution in [0.2, 0.25) is 0 Å². The van der Waals surface area contributed by atoms with Gasteiger partial charge in [-0.2, -0.15) is 0 Å². The van der Waals surface area contributed by atoms with Gasteiger partial charge < -0.3 is 0 Å². The summed E-state index contributed by atoms with van der Waals surface area (Å²) in [5.41, 5.74) is 3.86. The van der Waals surface area contributed by atoms with Gasteiger partial charge in [-0.15, -0.1) is 0 Å². The molecule has 18 heavy (non-hydrogen) atoms. The first-order valence-electron chi connectivity index (χ1n) is 5.76. The van der Waals surface area contributed by atoms with E-state index in [1.807, 2.05) is 38.1 Å². The molecule has 0 aliphatic rings. The van der Waals surface area contributed by atoms with E-state index in [0.29, 0.717) is 6.42 Å². The maximum Gasteiger partial charge on any atom is 0.167 e. The molecule has 0 aliphatic heterocycles. The van der Waals surface area contributed by atoms with Gasteiger partial charge in [-0.25, -0.2) is 0 Å². The second-order valence-corrected chi connectivity index (χ2v) is 5.35. The van der Waals surface area contributed by atoms with Crippen LogP contribution in [0.5, 0.6) is 0 Å². The van der Waals surface area contributed by atoms with Crippen LogP contribution in [0.15, 0.2) is 41.1 Å². The van der Waals surface area contributed by atoms with Crippen molar-refractivity contribution in [2.24, 2.45) is 0 Å². The number of nitrogens with zero attached hydrogens (tertiary/aromatic N) is 1. The van der Waals surface area contributed by atoms with Crippen molar-refractivity contribution in [1.29, 1.82) is 0 Å². The average Bonchev–Trinajstić information content (AvgIpc) is 2.32. The number of halogens is 1. The van der Waals surface area contributed by atoms with Gasteiger partial charge in [-0.1, -0.05) is 17.7 Å². The topological polar surface area (TPSA) is 30.0 Å². The Bertz CT molecular complexity index is 593. The van der Waals surface area contributed by atoms with E-state index in [-0.39, 0.29) is 5.78 Å². The third-order valence-corrected chi connectivity index (χ3v) is 3.25. The van der Waals surface area contributed by atoms with E-state index >= 15 is 0 Å². The number of rotatable bonds is 3. The summed E-state index contributed by atoms with van der Waals surface area (Å²) in [5, 5.41) is 0. The summed E-state index contributed by atoms with van der Waals surface area (Å²) < 4.78 is 0.897. The molecule has 0 saturated heterocycles. The van der Waals surface area contributed by atoms with Crippen molar-refractivity contribution < 1.29 is 4.79 Å². The lowest BCUT2D eigenvalue weighted by atomic mass is 9.98. The number of Topliss-reactive ketones (excluding diaryl/α,β-unsaturated/α-hetero) is 1. The third kappa shape index (κ3) is 3.05. The molecule has 0 N–H and O–H groups in total. The Balaban J connectivity index is 2.24. The minimum absolute atomic E-state index is 0.135. The number of hydrogen-bond acceptors (Lipinski definition) is 2. The standard InChI is InChI=1S/C15H14BrNO/c1-10-3-4-11(2)14(5-10)15(18)7-12-6-13(16)9-17-8-12/h3-6,8-9H,7H2,1-2H3. The Kier molecular flexibility index (Phi) is 3.92. The van der Waals surface area contributed by atoms with Gasteiger partial charge in [0.25, 0.3) is 0 Å². The van der Waals surface area contributed by atoms with Crippen molar-refractivity contribution >= 4 is 21.7 Å². The zero-order chi connectivity index (χ0) is 13.1. The van der Waals surface area contributed by atoms with Crippen molar-refractivity contribution in [2.75, 3.05) is 0 Å². The van der Waals surface area contributed by atoms with E-state index in [9.17, 15) is 4.79 Å². The van der Waals surface area contributed by atoms with Crippen LogP contribution in [0.1, 0.15) is 27.0 Å². The molecule has 1 aromatic carbocycles. The second kappa shape index (κ2) is 5.44. The van der Waals surface area contributed by atoms with Gasteiger partial charge in [0.1, 0.15) is 0 Å². The Hall–Kier alpha value is -1.48. The summed E-state index contributed by atoms with van der Waals surface area (Å²) in [7, 11) is 0. The lowest BCUT2D eigenvalue weighted by Crippen LogP contribution is -2.06. The predicted octanol–water partition coefficient (Wildman–Crippen LogP) is 3.89. The van der Waals surface area contributed by atoms with Gasteiger partial charge in [-0.05, 0) is 53.0 Å². The molecule has 0 unspecified atom stereocenters. The lowest BCUT2D eigenvalue weighted by molar-refractivity contribution is 0.0992. The zero-order valence-electron chi connectivity index (χ0n) is 10.4. The number of aryl methyl sites for hydroxylation is 2. The van der Waals surface area contributed by atoms with Crippen LogP contribution in [0.3, 0.4) is 0 Å². The lowest BCUT2D eigenvalue weighted by Gasteiger charge is -2.06. The molecule has 0 bridgehead atoms. The van der Waals surface area contributed by atoms with E-state index in [1.165, 1.54) is 0 Å². The number of carbonyl (C=O) groups is 1. The number of pyridine rings is 1. The molecular formula is C15H14BrNO. The van der Waals surface area contributed by atoms with Gasteiger partial charge in [0, 0.05) is 28.9 Å². The van der Waals surface area contributed by atoms with Gasteiger partial charge in [0.05, 0.1) is 0 Å². The Morgan fingerprint density at radius 3 is 2.72 bits per heavy atom. The van der Waals surface area contributed by atoms with Gasteiger partial charge >= 0.3 is 0 Å². The van der Waals surface area contributed by atoms with Gasteiger partial charge in [-0.3, -0.25) is 9.78 Å². The molecule has 0 spiro atoms. The van der Waals surface area contributed by atoms with Crippen molar-refractivity contribution in [3.63, 3.8) is 0 Å². The summed E-state index contributed by atoms with van der Waals surface area (Å²) in [6.07, 6.45) is 3.83. The molecule has 92 valence electrons. The van der Waals surface area contributed by atoms with Crippen LogP contribution in [-0.2, 0) is 6.42 Å². The summed E-state index contributed by atoms with van der Waals surface area (Å²) >= 11 is 3.36. The largest absolute Gasteiger partial charge is 0.294 e. The quantitative estimate of drug-likeness (QED) is 0.805. The van der Waals surface area contributed by atoms with E-state index in [4.69, 9.17) is 0 Å². The molecule has 3 heteroatoms. The maximum absolute atomic E-state index is 12.3. The fraction of sp³-hybridized carbons (Fsp3) is 0.200. The Labute approximate surface area is 115 Å². The summed E-state index contributed by atoms with van der Waals surface area (Å²) in [6.45, 7) is 3.96. The molecule has 2 aromatic rings. The van der Waals surface area contributed by atoms with Crippen LogP contribution in [-0.4, -0.2) is 10.8 Å². The Morgan fingerprint density at radius 2 is 2.00 bits per heavy atom. The normalized spacial score (nSPS) is 10.4. The average molecular weight is 304 g/mol. The molecule has 2 rings (SSSR count). The third-order valence-electron chi connectivity index (χ3n) is 2.82. The number of hydrogen-bond donors (Lipinski definition) is 0. The second-order valence-electron chi connectivity index (χ2n) is 4.43. The minimum atomic E-state index is 0.135. The van der Waals surface area contributed by atoms with Crippen molar-refractivity contribution in [3.05, 3.63) is 63.4 Å². The summed E-state index contributed by atoms with van der Waals surface area (Å²) in [4.78, 5) is 16.3. The van der Waals surface area contributed by atoms with Crippen molar-refractivity contribution in [1.82, 2.24) is 4.98 Å². The van der Waals surface area contributed by atoms with Crippen molar-refractivity contribution in [2.45, 2.75) is 20.3 Å². The van der Waals surface area contributed by atoms with Crippen LogP contribution < -0.4 is 0 Å². The molecule has 0 aliphatic carbocycles. The zero-order valence-corrected chi connectivity index (χ0v) is 12.0. The smallest absolute Gasteiger partial charge is 0.167 e. The van der Waals surface area contributed by atoms with Crippen molar-refractivity contribution in [3.8, 4) is 0 Å². The van der Waals surface area contributed by atoms with Crippen LogP contribution in [0, 0.1) is 13.8 Å². The first kappa shape index (κ1) is 13.0. The molecule has 0 radical (unpaired) electrons. The van der Waals surface area contributed by atoms with E-state index in [1.54, 1.807) is 12.4 Å². The number of aromatic nitrogens is 1. The van der Waals surface area contributed by atoms with Crippen LogP contribution in [0.4, 0.5) is 0 Å². The number of ketones is 1. The molecule has 1 aromatic heterocycles. The first-order chi connectivity index (χ1) is 8.56. The van der Waals surface area contributed by atoms with Crippen LogP contribution >= 0.6 is 15.9 Å². The highest BCUT2D eigenvalue weighted by Gasteiger charge is 2.10. The minimum Gasteiger partial charge on any atom is -0.294 e. The monoisotopic (exact) mass is 303 g/mol. The van der Waals surface area contributed by atoms with Gasteiger partial charge in [0.15, 0.2) is 5.78 Å².